The van der Waals surface area contributed by atoms with Crippen LogP contribution in [-0.2, 0) is 14.9 Å². The Morgan fingerprint density at radius 2 is 1.08 bits per heavy atom. The van der Waals surface area contributed by atoms with Crippen LogP contribution in [0.25, 0.3) is 11.1 Å². The Labute approximate surface area is 213 Å². The molecule has 0 radical (unpaired) electrons. The Kier molecular flexibility index (Phi) is 5.27. The van der Waals surface area contributed by atoms with E-state index < -0.39 is 17.0 Å². The molecule has 2 heterocycles. The summed E-state index contributed by atoms with van der Waals surface area (Å²) in [6.45, 7) is 1.89. The fourth-order valence-corrected chi connectivity index (χ4v) is 5.42. The molecule has 3 aliphatic rings. The molecule has 7 rings (SSSR count). The predicted molar refractivity (Wildman–Crippen MR) is 134 cm³/mol. The monoisotopic (exact) mass is 498 g/mol. The van der Waals surface area contributed by atoms with Crippen LogP contribution in [0.15, 0.2) is 84.9 Å². The standard InChI is InChI=1S/C31H24F2O4/c32-27-13-19(9-11-29(27)36-17-21-15-34-21)31(20-10-12-30(28(33)14-20)37-18-22-16-35-22)25-7-3-1-5-23(25)24-6-2-4-8-26(24)31/h1-14,21-22H,15-18H2. The number of rotatable bonds is 8. The van der Waals surface area contributed by atoms with E-state index in [1.165, 1.54) is 12.1 Å². The van der Waals surface area contributed by atoms with Gasteiger partial charge in [-0.2, -0.15) is 0 Å². The molecule has 0 bridgehead atoms. The molecule has 0 saturated carbocycles. The summed E-state index contributed by atoms with van der Waals surface area (Å²) < 4.78 is 52.6. The lowest BCUT2D eigenvalue weighted by atomic mass is 9.67. The summed E-state index contributed by atoms with van der Waals surface area (Å²) in [5.41, 5.74) is 4.47. The van der Waals surface area contributed by atoms with E-state index in [2.05, 4.69) is 12.1 Å². The van der Waals surface area contributed by atoms with Gasteiger partial charge in [-0.1, -0.05) is 60.7 Å². The van der Waals surface area contributed by atoms with Crippen molar-refractivity contribution in [1.82, 2.24) is 0 Å². The van der Waals surface area contributed by atoms with Gasteiger partial charge in [0.2, 0.25) is 0 Å². The third-order valence-electron chi connectivity index (χ3n) is 7.34. The van der Waals surface area contributed by atoms with Gasteiger partial charge in [-0.05, 0) is 57.6 Å². The first-order chi connectivity index (χ1) is 18.1. The van der Waals surface area contributed by atoms with Gasteiger partial charge in [-0.15, -0.1) is 0 Å². The molecule has 6 heteroatoms. The number of epoxide rings is 2. The molecular weight excluding hydrogens is 474 g/mol. The van der Waals surface area contributed by atoms with Crippen LogP contribution >= 0.6 is 0 Å². The molecule has 0 aromatic heterocycles. The molecule has 4 nitrogen and oxygen atoms in total. The van der Waals surface area contributed by atoms with Crippen LogP contribution in [0.1, 0.15) is 22.3 Å². The highest BCUT2D eigenvalue weighted by atomic mass is 19.1. The Hall–Kier alpha value is -3.74. The van der Waals surface area contributed by atoms with Gasteiger partial charge in [0.15, 0.2) is 23.1 Å². The zero-order valence-corrected chi connectivity index (χ0v) is 20.0. The van der Waals surface area contributed by atoms with Crippen molar-refractivity contribution in [3.05, 3.63) is 119 Å². The molecule has 0 spiro atoms. The average molecular weight is 499 g/mol. The molecule has 4 aromatic rings. The fraction of sp³-hybridized carbons (Fsp3) is 0.226. The summed E-state index contributed by atoms with van der Waals surface area (Å²) in [5.74, 6) is -0.592. The van der Waals surface area contributed by atoms with E-state index in [9.17, 15) is 0 Å². The van der Waals surface area contributed by atoms with Crippen molar-refractivity contribution in [2.75, 3.05) is 26.4 Å². The number of ether oxygens (including phenoxy) is 4. The Bertz CT molecular complexity index is 1380. The van der Waals surface area contributed by atoms with E-state index in [0.717, 1.165) is 22.3 Å². The second kappa shape index (κ2) is 8.68. The molecule has 0 N–H and O–H groups in total. The first-order valence-corrected chi connectivity index (χ1v) is 12.4. The van der Waals surface area contributed by atoms with E-state index in [1.807, 2.05) is 48.5 Å². The van der Waals surface area contributed by atoms with E-state index in [-0.39, 0.29) is 23.7 Å². The highest BCUT2D eigenvalue weighted by Crippen LogP contribution is 2.56. The number of fused-ring (bicyclic) bond motifs is 3. The minimum atomic E-state index is -0.925. The van der Waals surface area contributed by atoms with E-state index in [0.29, 0.717) is 37.6 Å². The van der Waals surface area contributed by atoms with Crippen LogP contribution in [0.2, 0.25) is 0 Å². The fourth-order valence-electron chi connectivity index (χ4n) is 5.42. The minimum Gasteiger partial charge on any atom is -0.488 e. The molecule has 2 atom stereocenters. The molecule has 0 amide bonds. The number of halogens is 2. The zero-order valence-electron chi connectivity index (χ0n) is 20.0. The lowest BCUT2D eigenvalue weighted by Gasteiger charge is -2.34. The number of hydrogen-bond donors (Lipinski definition) is 0. The van der Waals surface area contributed by atoms with Gasteiger partial charge in [-0.3, -0.25) is 0 Å². The third kappa shape index (κ3) is 3.79. The molecule has 186 valence electrons. The van der Waals surface area contributed by atoms with E-state index >= 15 is 8.78 Å². The number of hydrogen-bond acceptors (Lipinski definition) is 4. The quantitative estimate of drug-likeness (QED) is 0.251. The van der Waals surface area contributed by atoms with Gasteiger partial charge in [0, 0.05) is 0 Å². The van der Waals surface area contributed by atoms with Gasteiger partial charge in [0.05, 0.1) is 18.6 Å². The second-order valence-corrected chi connectivity index (χ2v) is 9.66. The van der Waals surface area contributed by atoms with Gasteiger partial charge in [0.1, 0.15) is 25.4 Å². The molecular formula is C31H24F2O4. The maximum Gasteiger partial charge on any atom is 0.165 e. The number of benzene rings is 4. The van der Waals surface area contributed by atoms with Crippen LogP contribution in [0, 0.1) is 11.6 Å². The summed E-state index contributed by atoms with van der Waals surface area (Å²) in [5, 5.41) is 0. The third-order valence-corrected chi connectivity index (χ3v) is 7.34. The molecule has 2 fully saturated rings. The maximum atomic E-state index is 15.5. The second-order valence-electron chi connectivity index (χ2n) is 9.66. The Balaban J connectivity index is 1.40. The van der Waals surface area contributed by atoms with Crippen LogP contribution in [-0.4, -0.2) is 38.6 Å². The highest BCUT2D eigenvalue weighted by molar-refractivity contribution is 5.86. The van der Waals surface area contributed by atoms with Crippen LogP contribution in [0.5, 0.6) is 11.5 Å². The lowest BCUT2D eigenvalue weighted by molar-refractivity contribution is 0.253. The first-order valence-electron chi connectivity index (χ1n) is 12.4. The molecule has 4 aromatic carbocycles. The minimum absolute atomic E-state index is 0.0224. The average Bonchev–Trinajstić information content (AvgIpc) is 3.85. The van der Waals surface area contributed by atoms with Gasteiger partial charge >= 0.3 is 0 Å². The predicted octanol–water partition coefficient (Wildman–Crippen LogP) is 5.88. The smallest absolute Gasteiger partial charge is 0.165 e. The van der Waals surface area contributed by atoms with Crippen molar-refractivity contribution >= 4 is 0 Å². The van der Waals surface area contributed by atoms with Crippen LogP contribution < -0.4 is 9.47 Å². The van der Waals surface area contributed by atoms with Crippen molar-refractivity contribution < 1.29 is 27.7 Å². The molecule has 2 unspecified atom stereocenters. The van der Waals surface area contributed by atoms with Crippen LogP contribution in [0.3, 0.4) is 0 Å². The zero-order chi connectivity index (χ0) is 25.0. The highest BCUT2D eigenvalue weighted by Gasteiger charge is 2.46. The Morgan fingerprint density at radius 1 is 0.649 bits per heavy atom. The van der Waals surface area contributed by atoms with Crippen LogP contribution in [0.4, 0.5) is 8.78 Å². The topological polar surface area (TPSA) is 43.5 Å². The summed E-state index contributed by atoms with van der Waals surface area (Å²) in [7, 11) is 0. The first kappa shape index (κ1) is 22.5. The normalized spacial score (nSPS) is 20.2. The van der Waals surface area contributed by atoms with E-state index in [1.54, 1.807) is 12.1 Å². The summed E-state index contributed by atoms with van der Waals surface area (Å²) in [4.78, 5) is 0. The van der Waals surface area contributed by atoms with E-state index in [4.69, 9.17) is 18.9 Å². The van der Waals surface area contributed by atoms with Crippen molar-refractivity contribution in [3.8, 4) is 22.6 Å². The van der Waals surface area contributed by atoms with Gasteiger partial charge in [0.25, 0.3) is 0 Å². The van der Waals surface area contributed by atoms with Crippen molar-refractivity contribution in [3.63, 3.8) is 0 Å². The SMILES string of the molecule is Fc1cc(C2(c3ccc(OCC4CO4)c(F)c3)c3ccccc3-c3ccccc32)ccc1OCC1CO1. The Morgan fingerprint density at radius 3 is 1.49 bits per heavy atom. The molecule has 2 saturated heterocycles. The van der Waals surface area contributed by atoms with Crippen molar-refractivity contribution in [2.45, 2.75) is 17.6 Å². The van der Waals surface area contributed by atoms with Crippen molar-refractivity contribution in [2.24, 2.45) is 0 Å². The van der Waals surface area contributed by atoms with Crippen molar-refractivity contribution in [1.29, 1.82) is 0 Å². The molecule has 2 aliphatic heterocycles. The summed E-state index contributed by atoms with van der Waals surface area (Å²) in [6, 6.07) is 26.2. The van der Waals surface area contributed by atoms with Gasteiger partial charge < -0.3 is 18.9 Å². The molecule has 1 aliphatic carbocycles. The maximum absolute atomic E-state index is 15.5. The molecule has 37 heavy (non-hydrogen) atoms. The lowest BCUT2D eigenvalue weighted by Crippen LogP contribution is -2.29. The largest absolute Gasteiger partial charge is 0.488 e. The van der Waals surface area contributed by atoms with Gasteiger partial charge in [-0.25, -0.2) is 8.78 Å². The summed E-state index contributed by atoms with van der Waals surface area (Å²) >= 11 is 0. The summed E-state index contributed by atoms with van der Waals surface area (Å²) in [6.07, 6.45) is 0.0448.